The molecule has 2 aromatic carbocycles. The average Bonchev–Trinajstić information content (AvgIpc) is 3.00. The SMILES string of the molecule is Brc1cnc2c(Nc3ccc(Oc4ccccc4)cc3)nccn12. The number of nitrogens with zero attached hydrogens (tertiary/aromatic N) is 3. The number of halogens is 1. The fourth-order valence-corrected chi connectivity index (χ4v) is 2.73. The van der Waals surface area contributed by atoms with Crippen LogP contribution >= 0.6 is 15.9 Å². The number of hydrogen-bond donors (Lipinski definition) is 1. The van der Waals surface area contributed by atoms with E-state index in [0.717, 1.165) is 27.4 Å². The third-order valence-corrected chi connectivity index (χ3v) is 4.07. The molecule has 0 unspecified atom stereocenters. The number of benzene rings is 2. The molecule has 0 aliphatic heterocycles. The Morgan fingerprint density at radius 2 is 1.67 bits per heavy atom. The van der Waals surface area contributed by atoms with Gasteiger partial charge in [-0.3, -0.25) is 4.40 Å². The highest BCUT2D eigenvalue weighted by molar-refractivity contribution is 9.10. The van der Waals surface area contributed by atoms with Crippen molar-refractivity contribution in [2.75, 3.05) is 5.32 Å². The lowest BCUT2D eigenvalue weighted by molar-refractivity contribution is 0.483. The van der Waals surface area contributed by atoms with Gasteiger partial charge >= 0.3 is 0 Å². The molecule has 0 saturated carbocycles. The van der Waals surface area contributed by atoms with Gasteiger partial charge in [-0.05, 0) is 52.3 Å². The maximum atomic E-state index is 5.79. The molecule has 0 radical (unpaired) electrons. The minimum Gasteiger partial charge on any atom is -0.457 e. The van der Waals surface area contributed by atoms with Crippen molar-refractivity contribution in [1.29, 1.82) is 0 Å². The molecular formula is C18H13BrN4O. The molecular weight excluding hydrogens is 368 g/mol. The first-order valence-corrected chi connectivity index (χ1v) is 8.16. The summed E-state index contributed by atoms with van der Waals surface area (Å²) >= 11 is 3.46. The fraction of sp³-hybridized carbons (Fsp3) is 0. The van der Waals surface area contributed by atoms with Crippen LogP contribution in [0.1, 0.15) is 0 Å². The van der Waals surface area contributed by atoms with Crippen LogP contribution in [0.25, 0.3) is 5.65 Å². The van der Waals surface area contributed by atoms with Crippen molar-refractivity contribution in [2.45, 2.75) is 0 Å². The summed E-state index contributed by atoms with van der Waals surface area (Å²) in [5.41, 5.74) is 1.67. The van der Waals surface area contributed by atoms with Crippen molar-refractivity contribution in [2.24, 2.45) is 0 Å². The number of ether oxygens (including phenoxy) is 1. The van der Waals surface area contributed by atoms with Gasteiger partial charge in [0, 0.05) is 18.1 Å². The molecule has 5 nitrogen and oxygen atoms in total. The van der Waals surface area contributed by atoms with Gasteiger partial charge in [0.25, 0.3) is 0 Å². The molecule has 0 bridgehead atoms. The van der Waals surface area contributed by atoms with E-state index in [1.807, 2.05) is 65.2 Å². The van der Waals surface area contributed by atoms with E-state index in [1.165, 1.54) is 0 Å². The third kappa shape index (κ3) is 2.96. The number of rotatable bonds is 4. The lowest BCUT2D eigenvalue weighted by atomic mass is 10.3. The number of nitrogens with one attached hydrogen (secondary N) is 1. The summed E-state index contributed by atoms with van der Waals surface area (Å²) in [6.45, 7) is 0. The van der Waals surface area contributed by atoms with Gasteiger partial charge < -0.3 is 10.1 Å². The van der Waals surface area contributed by atoms with Crippen molar-refractivity contribution >= 4 is 33.1 Å². The molecule has 24 heavy (non-hydrogen) atoms. The normalized spacial score (nSPS) is 10.7. The van der Waals surface area contributed by atoms with Crippen LogP contribution in [0.5, 0.6) is 11.5 Å². The fourth-order valence-electron chi connectivity index (χ4n) is 2.35. The quantitative estimate of drug-likeness (QED) is 0.539. The van der Waals surface area contributed by atoms with E-state index in [9.17, 15) is 0 Å². The summed E-state index contributed by atoms with van der Waals surface area (Å²) in [7, 11) is 0. The molecule has 1 N–H and O–H groups in total. The van der Waals surface area contributed by atoms with Gasteiger partial charge in [-0.1, -0.05) is 18.2 Å². The minimum absolute atomic E-state index is 0.694. The van der Waals surface area contributed by atoms with E-state index in [4.69, 9.17) is 4.74 Å². The van der Waals surface area contributed by atoms with Crippen molar-refractivity contribution in [3.63, 3.8) is 0 Å². The van der Waals surface area contributed by atoms with Crippen molar-refractivity contribution in [3.8, 4) is 11.5 Å². The molecule has 0 aliphatic carbocycles. The average molecular weight is 381 g/mol. The number of hydrogen-bond acceptors (Lipinski definition) is 4. The van der Waals surface area contributed by atoms with Gasteiger partial charge in [-0.2, -0.15) is 0 Å². The zero-order valence-electron chi connectivity index (χ0n) is 12.6. The van der Waals surface area contributed by atoms with E-state index in [1.54, 1.807) is 12.4 Å². The van der Waals surface area contributed by atoms with E-state index in [2.05, 4.69) is 31.2 Å². The summed E-state index contributed by atoms with van der Waals surface area (Å²) < 4.78 is 8.59. The zero-order valence-corrected chi connectivity index (χ0v) is 14.1. The van der Waals surface area contributed by atoms with Crippen LogP contribution in [-0.4, -0.2) is 14.4 Å². The van der Waals surface area contributed by atoms with Gasteiger partial charge in [0.05, 0.1) is 6.20 Å². The molecule has 0 saturated heterocycles. The Balaban J connectivity index is 1.55. The maximum absolute atomic E-state index is 5.79. The molecule has 0 spiro atoms. The smallest absolute Gasteiger partial charge is 0.181 e. The number of para-hydroxylation sites is 1. The Bertz CT molecular complexity index is 967. The highest BCUT2D eigenvalue weighted by Crippen LogP contribution is 2.25. The first kappa shape index (κ1) is 14.7. The molecule has 0 atom stereocenters. The van der Waals surface area contributed by atoms with Crippen molar-refractivity contribution in [1.82, 2.24) is 14.4 Å². The predicted molar refractivity (Wildman–Crippen MR) is 96.9 cm³/mol. The highest BCUT2D eigenvalue weighted by Gasteiger charge is 2.07. The molecule has 0 amide bonds. The Kier molecular flexibility index (Phi) is 3.88. The van der Waals surface area contributed by atoms with Gasteiger partial charge in [0.2, 0.25) is 0 Å². The lowest BCUT2D eigenvalue weighted by Gasteiger charge is -2.09. The summed E-state index contributed by atoms with van der Waals surface area (Å²) in [4.78, 5) is 8.71. The van der Waals surface area contributed by atoms with Gasteiger partial charge in [0.15, 0.2) is 11.5 Å². The Morgan fingerprint density at radius 1 is 0.917 bits per heavy atom. The van der Waals surface area contributed by atoms with Crippen LogP contribution in [0.2, 0.25) is 0 Å². The molecule has 4 aromatic rings. The summed E-state index contributed by atoms with van der Waals surface area (Å²) in [5, 5.41) is 3.28. The van der Waals surface area contributed by atoms with Crippen molar-refractivity contribution in [3.05, 3.63) is 77.8 Å². The number of fused-ring (bicyclic) bond motifs is 1. The van der Waals surface area contributed by atoms with E-state index in [-0.39, 0.29) is 0 Å². The predicted octanol–water partition coefficient (Wildman–Crippen LogP) is 5.03. The Hall–Kier alpha value is -2.86. The van der Waals surface area contributed by atoms with Crippen LogP contribution in [0.15, 0.2) is 77.8 Å². The standard InChI is InChI=1S/C18H13BrN4O/c19-16-12-21-18-17(20-10-11-23(16)18)22-13-6-8-15(9-7-13)24-14-4-2-1-3-5-14/h1-12H,(H,20,22). The lowest BCUT2D eigenvalue weighted by Crippen LogP contribution is -1.97. The third-order valence-electron chi connectivity index (χ3n) is 3.48. The van der Waals surface area contributed by atoms with Gasteiger partial charge in [0.1, 0.15) is 16.1 Å². The molecule has 0 fully saturated rings. The summed E-state index contributed by atoms with van der Waals surface area (Å²) in [6.07, 6.45) is 5.34. The molecule has 2 heterocycles. The minimum atomic E-state index is 0.694. The second-order valence-corrected chi connectivity index (χ2v) is 5.93. The number of aromatic nitrogens is 3. The molecule has 6 heteroatoms. The van der Waals surface area contributed by atoms with Crippen LogP contribution in [0.4, 0.5) is 11.5 Å². The number of imidazole rings is 1. The first-order chi connectivity index (χ1) is 11.8. The topological polar surface area (TPSA) is 51.5 Å². The molecule has 4 rings (SSSR count). The van der Waals surface area contributed by atoms with Crippen LogP contribution in [0.3, 0.4) is 0 Å². The van der Waals surface area contributed by atoms with Gasteiger partial charge in [-0.25, -0.2) is 9.97 Å². The maximum Gasteiger partial charge on any atom is 0.181 e. The van der Waals surface area contributed by atoms with Crippen molar-refractivity contribution < 1.29 is 4.74 Å². The summed E-state index contributed by atoms with van der Waals surface area (Å²) in [5.74, 6) is 2.29. The van der Waals surface area contributed by atoms with Crippen LogP contribution in [-0.2, 0) is 0 Å². The molecule has 118 valence electrons. The largest absolute Gasteiger partial charge is 0.457 e. The Morgan fingerprint density at radius 3 is 2.46 bits per heavy atom. The second-order valence-electron chi connectivity index (χ2n) is 5.11. The second kappa shape index (κ2) is 6.33. The van der Waals surface area contributed by atoms with Crippen LogP contribution in [0, 0.1) is 0 Å². The molecule has 2 aromatic heterocycles. The molecule has 0 aliphatic rings. The highest BCUT2D eigenvalue weighted by atomic mass is 79.9. The van der Waals surface area contributed by atoms with E-state index in [0.29, 0.717) is 5.82 Å². The van der Waals surface area contributed by atoms with Gasteiger partial charge in [-0.15, -0.1) is 0 Å². The van der Waals surface area contributed by atoms with E-state index < -0.39 is 0 Å². The van der Waals surface area contributed by atoms with Crippen LogP contribution < -0.4 is 10.1 Å². The van der Waals surface area contributed by atoms with E-state index >= 15 is 0 Å². The Labute approximate surface area is 147 Å². The monoisotopic (exact) mass is 380 g/mol. The summed E-state index contributed by atoms with van der Waals surface area (Å²) in [6, 6.07) is 17.4. The zero-order chi connectivity index (χ0) is 16.4. The number of anilines is 2. The first-order valence-electron chi connectivity index (χ1n) is 7.37.